The first-order valence-corrected chi connectivity index (χ1v) is 7.57. The molecule has 0 spiro atoms. The van der Waals surface area contributed by atoms with E-state index in [1.807, 2.05) is 12.1 Å². The lowest BCUT2D eigenvalue weighted by Gasteiger charge is -2.29. The number of esters is 2. The maximum absolute atomic E-state index is 12.0. The number of ether oxygens (including phenoxy) is 2. The molecule has 5 heteroatoms. The van der Waals surface area contributed by atoms with Crippen LogP contribution >= 0.6 is 15.9 Å². The molecule has 2 aliphatic rings. The second-order valence-corrected chi connectivity index (χ2v) is 6.26. The van der Waals surface area contributed by atoms with E-state index in [0.29, 0.717) is 24.3 Å². The van der Waals surface area contributed by atoms with Crippen LogP contribution in [0.5, 0.6) is 0 Å². The van der Waals surface area contributed by atoms with Gasteiger partial charge in [-0.1, -0.05) is 15.9 Å². The predicted molar refractivity (Wildman–Crippen MR) is 75.2 cm³/mol. The van der Waals surface area contributed by atoms with E-state index >= 15 is 0 Å². The second-order valence-electron chi connectivity index (χ2n) is 5.34. The first-order valence-electron chi connectivity index (χ1n) is 6.78. The van der Waals surface area contributed by atoms with Gasteiger partial charge in [-0.25, -0.2) is 4.79 Å². The molecule has 0 aromatic heterocycles. The highest BCUT2D eigenvalue weighted by atomic mass is 79.9. The van der Waals surface area contributed by atoms with Crippen LogP contribution in [0.15, 0.2) is 28.7 Å². The summed E-state index contributed by atoms with van der Waals surface area (Å²) in [5.41, 5.74) is 0.541. The van der Waals surface area contributed by atoms with Crippen LogP contribution in [0.2, 0.25) is 0 Å². The standard InChI is InChI=1S/C15H15BrO4/c16-11-4-1-9(2-5-11)15(18)19-12-6-3-10-7-14(17)20-13(10)8-12/h1-2,4-5,10,12-13H,3,6-8H2/t10-,12+,13-/m1/s1. The molecule has 0 radical (unpaired) electrons. The van der Waals surface area contributed by atoms with E-state index in [4.69, 9.17) is 9.47 Å². The summed E-state index contributed by atoms with van der Waals surface area (Å²) in [7, 11) is 0. The molecule has 4 nitrogen and oxygen atoms in total. The van der Waals surface area contributed by atoms with E-state index in [1.54, 1.807) is 12.1 Å². The number of rotatable bonds is 2. The Morgan fingerprint density at radius 1 is 1.25 bits per heavy atom. The fraction of sp³-hybridized carbons (Fsp3) is 0.467. The minimum atomic E-state index is -0.315. The van der Waals surface area contributed by atoms with Crippen LogP contribution in [0.4, 0.5) is 0 Å². The van der Waals surface area contributed by atoms with Crippen LogP contribution in [0.1, 0.15) is 36.0 Å². The van der Waals surface area contributed by atoms with E-state index in [9.17, 15) is 9.59 Å². The maximum atomic E-state index is 12.0. The Kier molecular flexibility index (Phi) is 3.78. The summed E-state index contributed by atoms with van der Waals surface area (Å²) in [6.45, 7) is 0. The molecule has 1 saturated heterocycles. The molecule has 1 aromatic rings. The van der Waals surface area contributed by atoms with Crippen LogP contribution in [-0.2, 0) is 14.3 Å². The van der Waals surface area contributed by atoms with Crippen molar-refractivity contribution in [2.24, 2.45) is 5.92 Å². The highest BCUT2D eigenvalue weighted by molar-refractivity contribution is 9.10. The van der Waals surface area contributed by atoms with Gasteiger partial charge in [0.25, 0.3) is 0 Å². The first-order chi connectivity index (χ1) is 9.61. The maximum Gasteiger partial charge on any atom is 0.338 e. The third-order valence-electron chi connectivity index (χ3n) is 3.95. The van der Waals surface area contributed by atoms with Crippen molar-refractivity contribution < 1.29 is 19.1 Å². The molecule has 106 valence electrons. The van der Waals surface area contributed by atoms with Gasteiger partial charge in [0.15, 0.2) is 0 Å². The lowest BCUT2D eigenvalue weighted by molar-refractivity contribution is -0.142. The van der Waals surface area contributed by atoms with Crippen molar-refractivity contribution in [2.45, 2.75) is 37.9 Å². The number of carbonyl (C=O) groups excluding carboxylic acids is 2. The average Bonchev–Trinajstić information content (AvgIpc) is 2.78. The zero-order valence-electron chi connectivity index (χ0n) is 10.9. The SMILES string of the molecule is O=C1C[C@H]2CC[C@H](OC(=O)c3ccc(Br)cc3)C[C@H]2O1. The minimum absolute atomic E-state index is 0.0704. The summed E-state index contributed by atoms with van der Waals surface area (Å²) < 4.78 is 11.7. The molecule has 0 bridgehead atoms. The molecule has 1 aromatic carbocycles. The molecular weight excluding hydrogens is 324 g/mol. The van der Waals surface area contributed by atoms with Crippen molar-refractivity contribution in [1.82, 2.24) is 0 Å². The van der Waals surface area contributed by atoms with Crippen molar-refractivity contribution in [2.75, 3.05) is 0 Å². The summed E-state index contributed by atoms with van der Waals surface area (Å²) in [5, 5.41) is 0. The molecule has 0 amide bonds. The summed E-state index contributed by atoms with van der Waals surface area (Å²) >= 11 is 3.33. The van der Waals surface area contributed by atoms with Crippen molar-refractivity contribution in [3.8, 4) is 0 Å². The smallest absolute Gasteiger partial charge is 0.338 e. The molecule has 1 aliphatic heterocycles. The van der Waals surface area contributed by atoms with Gasteiger partial charge in [-0.3, -0.25) is 4.79 Å². The van der Waals surface area contributed by atoms with E-state index in [2.05, 4.69) is 15.9 Å². The lowest BCUT2D eigenvalue weighted by Crippen LogP contribution is -2.32. The number of hydrogen-bond donors (Lipinski definition) is 0. The molecule has 1 aliphatic carbocycles. The first kappa shape index (κ1) is 13.6. The van der Waals surface area contributed by atoms with Crippen LogP contribution < -0.4 is 0 Å². The molecule has 1 saturated carbocycles. The highest BCUT2D eigenvalue weighted by Crippen LogP contribution is 2.36. The fourth-order valence-electron chi connectivity index (χ4n) is 2.88. The normalized spacial score (nSPS) is 28.6. The molecule has 3 atom stereocenters. The molecule has 0 unspecified atom stereocenters. The van der Waals surface area contributed by atoms with Gasteiger partial charge in [0.2, 0.25) is 0 Å². The lowest BCUT2D eigenvalue weighted by atomic mass is 9.84. The third-order valence-corrected chi connectivity index (χ3v) is 4.47. The average molecular weight is 339 g/mol. The van der Waals surface area contributed by atoms with E-state index in [1.165, 1.54) is 0 Å². The van der Waals surface area contributed by atoms with Gasteiger partial charge >= 0.3 is 11.9 Å². The van der Waals surface area contributed by atoms with Gasteiger partial charge in [0.05, 0.1) is 12.0 Å². The quantitative estimate of drug-likeness (QED) is 0.777. The molecule has 2 fully saturated rings. The van der Waals surface area contributed by atoms with Crippen LogP contribution in [0.25, 0.3) is 0 Å². The van der Waals surface area contributed by atoms with Gasteiger partial charge in [0, 0.05) is 16.8 Å². The minimum Gasteiger partial charge on any atom is -0.462 e. The van der Waals surface area contributed by atoms with Gasteiger partial charge in [-0.05, 0) is 37.1 Å². The predicted octanol–water partition coefficient (Wildman–Crippen LogP) is 3.09. The highest BCUT2D eigenvalue weighted by Gasteiger charge is 2.40. The Morgan fingerprint density at radius 3 is 2.75 bits per heavy atom. The molecule has 20 heavy (non-hydrogen) atoms. The molecule has 3 rings (SSSR count). The molecule has 0 N–H and O–H groups in total. The van der Waals surface area contributed by atoms with Gasteiger partial charge < -0.3 is 9.47 Å². The number of hydrogen-bond acceptors (Lipinski definition) is 4. The Labute approximate surface area is 125 Å². The fourth-order valence-corrected chi connectivity index (χ4v) is 3.14. The third kappa shape index (κ3) is 2.87. The van der Waals surface area contributed by atoms with Gasteiger partial charge in [-0.2, -0.15) is 0 Å². The number of halogens is 1. The zero-order valence-corrected chi connectivity index (χ0v) is 12.5. The van der Waals surface area contributed by atoms with E-state index in [0.717, 1.165) is 17.3 Å². The van der Waals surface area contributed by atoms with E-state index in [-0.39, 0.29) is 24.1 Å². The van der Waals surface area contributed by atoms with E-state index < -0.39 is 0 Å². The van der Waals surface area contributed by atoms with Crippen molar-refractivity contribution in [3.63, 3.8) is 0 Å². The number of carbonyl (C=O) groups is 2. The molecular formula is C15H15BrO4. The van der Waals surface area contributed by atoms with Gasteiger partial charge in [0.1, 0.15) is 12.2 Å². The Morgan fingerprint density at radius 2 is 2.00 bits per heavy atom. The second kappa shape index (κ2) is 5.56. The van der Waals surface area contributed by atoms with Crippen molar-refractivity contribution in [3.05, 3.63) is 34.3 Å². The Bertz CT molecular complexity index is 525. The summed E-state index contributed by atoms with van der Waals surface area (Å²) in [6.07, 6.45) is 2.60. The van der Waals surface area contributed by atoms with Crippen molar-refractivity contribution in [1.29, 1.82) is 0 Å². The topological polar surface area (TPSA) is 52.6 Å². The Hall–Kier alpha value is -1.36. The number of fused-ring (bicyclic) bond motifs is 1. The van der Waals surface area contributed by atoms with Crippen LogP contribution in [0.3, 0.4) is 0 Å². The Balaban J connectivity index is 1.59. The van der Waals surface area contributed by atoms with Gasteiger partial charge in [-0.15, -0.1) is 0 Å². The number of benzene rings is 1. The summed E-state index contributed by atoms with van der Waals surface area (Å²) in [4.78, 5) is 23.3. The monoisotopic (exact) mass is 338 g/mol. The van der Waals surface area contributed by atoms with Crippen molar-refractivity contribution >= 4 is 27.9 Å². The van der Waals surface area contributed by atoms with Crippen LogP contribution in [0, 0.1) is 5.92 Å². The summed E-state index contributed by atoms with van der Waals surface area (Å²) in [5.74, 6) is -0.129. The largest absolute Gasteiger partial charge is 0.462 e. The summed E-state index contributed by atoms with van der Waals surface area (Å²) in [6, 6.07) is 7.08. The molecule has 1 heterocycles. The zero-order chi connectivity index (χ0) is 14.1. The van der Waals surface area contributed by atoms with Crippen LogP contribution in [-0.4, -0.2) is 24.1 Å².